The van der Waals surface area contributed by atoms with Gasteiger partial charge in [0, 0.05) is 23.9 Å². The van der Waals surface area contributed by atoms with Gasteiger partial charge in [-0.15, -0.1) is 0 Å². The van der Waals surface area contributed by atoms with Crippen molar-refractivity contribution in [3.05, 3.63) is 59.4 Å². The smallest absolute Gasteiger partial charge is 0.122 e. The van der Waals surface area contributed by atoms with Crippen molar-refractivity contribution in [3.63, 3.8) is 0 Å². The number of hydrogen-bond donors (Lipinski definition) is 1. The summed E-state index contributed by atoms with van der Waals surface area (Å²) in [6.07, 6.45) is 2.57. The van der Waals surface area contributed by atoms with Gasteiger partial charge in [-0.3, -0.25) is 4.98 Å². The van der Waals surface area contributed by atoms with Gasteiger partial charge in [0.05, 0.1) is 6.61 Å². The van der Waals surface area contributed by atoms with E-state index in [1.54, 1.807) is 6.20 Å². The van der Waals surface area contributed by atoms with Crippen molar-refractivity contribution in [1.29, 1.82) is 0 Å². The molecule has 0 aliphatic rings. The summed E-state index contributed by atoms with van der Waals surface area (Å²) in [5, 5.41) is 8.67. The molecule has 0 aliphatic carbocycles. The van der Waals surface area contributed by atoms with E-state index in [0.29, 0.717) is 6.61 Å². The second kappa shape index (κ2) is 7.32. The summed E-state index contributed by atoms with van der Waals surface area (Å²) < 4.78 is 5.76. The third-order valence-corrected chi connectivity index (χ3v) is 2.83. The second-order valence-corrected chi connectivity index (χ2v) is 4.36. The van der Waals surface area contributed by atoms with Gasteiger partial charge in [-0.1, -0.05) is 17.9 Å². The standard InChI is InChI=1S/C17H17NO2/c1-14-13-15(5-4-11-19)7-8-17(14)20-12-9-16-6-2-3-10-18-16/h2-3,6-8,10,13,19H,9,11-12H2,1H3. The fourth-order valence-corrected chi connectivity index (χ4v) is 1.84. The van der Waals surface area contributed by atoms with Crippen LogP contribution >= 0.6 is 0 Å². The predicted molar refractivity (Wildman–Crippen MR) is 78.6 cm³/mol. The molecule has 0 bridgehead atoms. The average molecular weight is 267 g/mol. The molecule has 20 heavy (non-hydrogen) atoms. The lowest BCUT2D eigenvalue weighted by molar-refractivity contribution is 0.318. The SMILES string of the molecule is Cc1cc(C#CCO)ccc1OCCc1ccccn1. The minimum atomic E-state index is -0.124. The van der Waals surface area contributed by atoms with Crippen LogP contribution in [0.5, 0.6) is 5.75 Å². The molecule has 0 unspecified atom stereocenters. The van der Waals surface area contributed by atoms with E-state index in [4.69, 9.17) is 9.84 Å². The molecular weight excluding hydrogens is 250 g/mol. The minimum absolute atomic E-state index is 0.124. The molecule has 3 nitrogen and oxygen atoms in total. The monoisotopic (exact) mass is 267 g/mol. The zero-order chi connectivity index (χ0) is 14.2. The summed E-state index contributed by atoms with van der Waals surface area (Å²) >= 11 is 0. The van der Waals surface area contributed by atoms with Crippen molar-refractivity contribution in [2.45, 2.75) is 13.3 Å². The summed E-state index contributed by atoms with van der Waals surface area (Å²) in [7, 11) is 0. The highest BCUT2D eigenvalue weighted by atomic mass is 16.5. The molecule has 1 aromatic carbocycles. The average Bonchev–Trinajstić information content (AvgIpc) is 2.48. The predicted octanol–water partition coefficient (Wildman–Crippen LogP) is 2.36. The summed E-state index contributed by atoms with van der Waals surface area (Å²) in [6, 6.07) is 11.6. The molecule has 0 fully saturated rings. The van der Waals surface area contributed by atoms with Crippen LogP contribution in [-0.4, -0.2) is 23.3 Å². The Hall–Kier alpha value is -2.31. The molecule has 0 saturated carbocycles. The van der Waals surface area contributed by atoms with Crippen LogP contribution in [0.3, 0.4) is 0 Å². The molecule has 2 rings (SSSR count). The number of hydrogen-bond acceptors (Lipinski definition) is 3. The number of nitrogens with zero attached hydrogens (tertiary/aromatic N) is 1. The maximum Gasteiger partial charge on any atom is 0.122 e. The van der Waals surface area contributed by atoms with Gasteiger partial charge in [0.2, 0.25) is 0 Å². The Kier molecular flexibility index (Phi) is 5.16. The lowest BCUT2D eigenvalue weighted by Crippen LogP contribution is -2.03. The zero-order valence-electron chi connectivity index (χ0n) is 11.5. The van der Waals surface area contributed by atoms with Gasteiger partial charge in [-0.2, -0.15) is 0 Å². The molecule has 3 heteroatoms. The number of aliphatic hydroxyl groups is 1. The van der Waals surface area contributed by atoms with Gasteiger partial charge in [-0.05, 0) is 42.8 Å². The van der Waals surface area contributed by atoms with Crippen LogP contribution in [0.4, 0.5) is 0 Å². The Morgan fingerprint density at radius 1 is 1.25 bits per heavy atom. The molecular formula is C17H17NO2. The molecule has 0 radical (unpaired) electrons. The highest BCUT2D eigenvalue weighted by Crippen LogP contribution is 2.18. The highest BCUT2D eigenvalue weighted by Gasteiger charge is 2.01. The Labute approximate surface area is 119 Å². The molecule has 102 valence electrons. The minimum Gasteiger partial charge on any atom is -0.493 e. The van der Waals surface area contributed by atoms with E-state index < -0.39 is 0 Å². The maximum atomic E-state index is 8.67. The molecule has 1 heterocycles. The van der Waals surface area contributed by atoms with Gasteiger partial charge < -0.3 is 9.84 Å². The Morgan fingerprint density at radius 3 is 2.85 bits per heavy atom. The number of rotatable bonds is 4. The molecule has 0 aliphatic heterocycles. The first-order chi connectivity index (χ1) is 9.79. The number of benzene rings is 1. The van der Waals surface area contributed by atoms with Crippen molar-refractivity contribution in [2.24, 2.45) is 0 Å². The molecule has 1 N–H and O–H groups in total. The Morgan fingerprint density at radius 2 is 2.15 bits per heavy atom. The summed E-state index contributed by atoms with van der Waals surface area (Å²) in [5.41, 5.74) is 2.94. The third-order valence-electron chi connectivity index (χ3n) is 2.83. The van der Waals surface area contributed by atoms with Crippen molar-refractivity contribution < 1.29 is 9.84 Å². The van der Waals surface area contributed by atoms with E-state index in [2.05, 4.69) is 16.8 Å². The van der Waals surface area contributed by atoms with Crippen molar-refractivity contribution >= 4 is 0 Å². The van der Waals surface area contributed by atoms with Crippen LogP contribution in [0.15, 0.2) is 42.6 Å². The normalized spacial score (nSPS) is 9.70. The molecule has 0 amide bonds. The van der Waals surface area contributed by atoms with Gasteiger partial charge in [-0.25, -0.2) is 0 Å². The van der Waals surface area contributed by atoms with Gasteiger partial charge >= 0.3 is 0 Å². The van der Waals surface area contributed by atoms with Crippen LogP contribution in [-0.2, 0) is 6.42 Å². The van der Waals surface area contributed by atoms with Crippen molar-refractivity contribution in [1.82, 2.24) is 4.98 Å². The van der Waals surface area contributed by atoms with E-state index in [1.165, 1.54) is 0 Å². The lowest BCUT2D eigenvalue weighted by Gasteiger charge is -2.09. The Balaban J connectivity index is 1.93. The highest BCUT2D eigenvalue weighted by molar-refractivity contribution is 5.43. The molecule has 0 saturated heterocycles. The van der Waals surface area contributed by atoms with E-state index in [0.717, 1.165) is 29.0 Å². The molecule has 2 aromatic rings. The van der Waals surface area contributed by atoms with Crippen molar-refractivity contribution in [2.75, 3.05) is 13.2 Å². The van der Waals surface area contributed by atoms with Gasteiger partial charge in [0.25, 0.3) is 0 Å². The maximum absolute atomic E-state index is 8.67. The molecule has 0 atom stereocenters. The first-order valence-corrected chi connectivity index (χ1v) is 6.52. The van der Waals surface area contributed by atoms with Gasteiger partial charge in [0.15, 0.2) is 0 Å². The topological polar surface area (TPSA) is 42.4 Å². The molecule has 0 spiro atoms. The summed E-state index contributed by atoms with van der Waals surface area (Å²) in [5.74, 6) is 6.37. The summed E-state index contributed by atoms with van der Waals surface area (Å²) in [6.45, 7) is 2.46. The zero-order valence-corrected chi connectivity index (χ0v) is 11.5. The molecule has 1 aromatic heterocycles. The Bertz CT molecular complexity index is 612. The number of pyridine rings is 1. The van der Waals surface area contributed by atoms with Crippen LogP contribution in [0.1, 0.15) is 16.8 Å². The number of aliphatic hydroxyl groups excluding tert-OH is 1. The number of aryl methyl sites for hydroxylation is 1. The van der Waals surface area contributed by atoms with Crippen LogP contribution in [0, 0.1) is 18.8 Å². The van der Waals surface area contributed by atoms with E-state index >= 15 is 0 Å². The van der Waals surface area contributed by atoms with Gasteiger partial charge in [0.1, 0.15) is 12.4 Å². The summed E-state index contributed by atoms with van der Waals surface area (Å²) in [4.78, 5) is 4.26. The number of aromatic nitrogens is 1. The van der Waals surface area contributed by atoms with Crippen LogP contribution in [0.2, 0.25) is 0 Å². The first kappa shape index (κ1) is 14.1. The quantitative estimate of drug-likeness (QED) is 0.865. The second-order valence-electron chi connectivity index (χ2n) is 4.36. The fraction of sp³-hybridized carbons (Fsp3) is 0.235. The fourth-order valence-electron chi connectivity index (χ4n) is 1.84. The van der Waals surface area contributed by atoms with E-state index in [9.17, 15) is 0 Å². The van der Waals surface area contributed by atoms with Crippen LogP contribution < -0.4 is 4.74 Å². The van der Waals surface area contributed by atoms with Crippen molar-refractivity contribution in [3.8, 4) is 17.6 Å². The number of ether oxygens (including phenoxy) is 1. The van der Waals surface area contributed by atoms with E-state index in [1.807, 2.05) is 43.3 Å². The lowest BCUT2D eigenvalue weighted by atomic mass is 10.1. The largest absolute Gasteiger partial charge is 0.493 e. The first-order valence-electron chi connectivity index (χ1n) is 6.52. The van der Waals surface area contributed by atoms with E-state index in [-0.39, 0.29) is 6.61 Å². The van der Waals surface area contributed by atoms with Crippen LogP contribution in [0.25, 0.3) is 0 Å². The third kappa shape index (κ3) is 4.11.